The quantitative estimate of drug-likeness (QED) is 0.221. The van der Waals surface area contributed by atoms with Crippen molar-refractivity contribution in [2.24, 2.45) is 0 Å². The van der Waals surface area contributed by atoms with Gasteiger partial charge in [0.2, 0.25) is 11.7 Å². The zero-order valence-electron chi connectivity index (χ0n) is 22.1. The Labute approximate surface area is 254 Å². The molecule has 3 aromatic heterocycles. The van der Waals surface area contributed by atoms with Crippen molar-refractivity contribution in [3.8, 4) is 0 Å². The first-order valence-electron chi connectivity index (χ1n) is 12.8. The molecule has 16 heteroatoms. The van der Waals surface area contributed by atoms with Crippen LogP contribution < -0.4 is 16.0 Å². The molecule has 3 amide bonds. The third-order valence-corrected chi connectivity index (χ3v) is 7.92. The minimum Gasteiger partial charge on any atom is -0.345 e. The Kier molecular flexibility index (Phi) is 7.51. The Morgan fingerprint density at radius 1 is 1.11 bits per heavy atom. The molecule has 0 aliphatic carbocycles. The number of amides is 3. The highest BCUT2D eigenvalue weighted by Crippen LogP contribution is 2.36. The second-order valence-electron chi connectivity index (χ2n) is 9.64. The van der Waals surface area contributed by atoms with Gasteiger partial charge in [0.25, 0.3) is 11.8 Å². The number of carbonyl (C=O) groups excluding carboxylic acids is 3. The monoisotopic (exact) mass is 643 g/mol. The van der Waals surface area contributed by atoms with Gasteiger partial charge < -0.3 is 20.5 Å². The number of alkyl halides is 3. The summed E-state index contributed by atoms with van der Waals surface area (Å²) >= 11 is 7.49. The minimum absolute atomic E-state index is 0.105. The van der Waals surface area contributed by atoms with Gasteiger partial charge in [-0.3, -0.25) is 19.4 Å². The Morgan fingerprint density at radius 3 is 2.66 bits per heavy atom. The van der Waals surface area contributed by atoms with E-state index in [-0.39, 0.29) is 52.3 Å². The SMILES string of the molecule is O=C1Cn2c(C(=O)NCc3ccc(C(F)(F)F)nc3)nc(NC(=O)c3nsc4ccccc34)c2C(c2cc(F)ccc2Cl)N1. The molecule has 0 saturated heterocycles. The molecule has 0 radical (unpaired) electrons. The average molecular weight is 644 g/mol. The summed E-state index contributed by atoms with van der Waals surface area (Å²) in [6.07, 6.45) is -3.65. The zero-order chi connectivity index (χ0) is 31.2. The Hall–Kier alpha value is -4.89. The lowest BCUT2D eigenvalue weighted by Gasteiger charge is -2.28. The van der Waals surface area contributed by atoms with Gasteiger partial charge in [0.05, 0.1) is 16.4 Å². The number of pyridine rings is 1. The summed E-state index contributed by atoms with van der Waals surface area (Å²) in [6, 6.07) is 11.5. The van der Waals surface area contributed by atoms with Gasteiger partial charge in [-0.05, 0) is 47.4 Å². The highest BCUT2D eigenvalue weighted by atomic mass is 35.5. The van der Waals surface area contributed by atoms with E-state index in [1.165, 1.54) is 10.6 Å². The molecule has 3 N–H and O–H groups in total. The number of benzene rings is 2. The fourth-order valence-electron chi connectivity index (χ4n) is 4.74. The van der Waals surface area contributed by atoms with Crippen molar-refractivity contribution >= 4 is 56.8 Å². The largest absolute Gasteiger partial charge is 0.433 e. The number of imidazole rings is 1. The Morgan fingerprint density at radius 2 is 1.91 bits per heavy atom. The number of nitrogens with one attached hydrogen (secondary N) is 3. The van der Waals surface area contributed by atoms with Gasteiger partial charge in [-0.15, -0.1) is 0 Å². The van der Waals surface area contributed by atoms with Crippen LogP contribution in [-0.2, 0) is 24.1 Å². The summed E-state index contributed by atoms with van der Waals surface area (Å²) in [7, 11) is 0. The van der Waals surface area contributed by atoms with Crippen LogP contribution >= 0.6 is 23.1 Å². The summed E-state index contributed by atoms with van der Waals surface area (Å²) in [6.45, 7) is -0.601. The summed E-state index contributed by atoms with van der Waals surface area (Å²) in [5, 5.41) is 8.63. The van der Waals surface area contributed by atoms with Crippen molar-refractivity contribution in [2.45, 2.75) is 25.3 Å². The van der Waals surface area contributed by atoms with Crippen LogP contribution in [0.4, 0.5) is 23.4 Å². The van der Waals surface area contributed by atoms with Crippen LogP contribution in [0.15, 0.2) is 60.8 Å². The number of rotatable bonds is 6. The predicted octanol–water partition coefficient (Wildman–Crippen LogP) is 5.10. The van der Waals surface area contributed by atoms with Crippen LogP contribution in [-0.4, -0.2) is 36.6 Å². The highest BCUT2D eigenvalue weighted by molar-refractivity contribution is 7.13. The number of hydrogen-bond acceptors (Lipinski definition) is 7. The zero-order valence-corrected chi connectivity index (χ0v) is 23.6. The molecule has 6 rings (SSSR count). The number of carbonyl (C=O) groups is 3. The number of aromatic nitrogens is 4. The molecule has 1 aliphatic rings. The van der Waals surface area contributed by atoms with E-state index in [4.69, 9.17) is 11.6 Å². The molecule has 10 nitrogen and oxygen atoms in total. The van der Waals surface area contributed by atoms with E-state index < -0.39 is 41.5 Å². The molecule has 1 unspecified atom stereocenters. The first-order valence-corrected chi connectivity index (χ1v) is 14.0. The van der Waals surface area contributed by atoms with Gasteiger partial charge >= 0.3 is 6.18 Å². The van der Waals surface area contributed by atoms with E-state index in [0.717, 1.165) is 46.7 Å². The number of halogens is 5. The molecule has 1 atom stereocenters. The first kappa shape index (κ1) is 29.2. The maximum atomic E-state index is 14.3. The topological polar surface area (TPSA) is 131 Å². The lowest BCUT2D eigenvalue weighted by Crippen LogP contribution is -2.41. The van der Waals surface area contributed by atoms with E-state index >= 15 is 0 Å². The third kappa shape index (κ3) is 5.58. The Bertz CT molecular complexity index is 1940. The lowest BCUT2D eigenvalue weighted by molar-refractivity contribution is -0.141. The maximum Gasteiger partial charge on any atom is 0.433 e. The molecule has 1 aliphatic heterocycles. The van der Waals surface area contributed by atoms with E-state index in [9.17, 15) is 31.9 Å². The van der Waals surface area contributed by atoms with Crippen LogP contribution in [0.5, 0.6) is 0 Å². The minimum atomic E-state index is -4.62. The Balaban J connectivity index is 1.37. The fraction of sp³-hybridized carbons (Fsp3) is 0.143. The van der Waals surface area contributed by atoms with Crippen molar-refractivity contribution in [1.29, 1.82) is 0 Å². The van der Waals surface area contributed by atoms with Gasteiger partial charge in [0, 0.05) is 28.7 Å². The van der Waals surface area contributed by atoms with Crippen LogP contribution in [0.2, 0.25) is 5.02 Å². The number of anilines is 1. The van der Waals surface area contributed by atoms with Gasteiger partial charge in [-0.2, -0.15) is 17.5 Å². The fourth-order valence-corrected chi connectivity index (χ4v) is 5.74. The summed E-state index contributed by atoms with van der Waals surface area (Å²) in [5.41, 5.74) is -0.419. The maximum absolute atomic E-state index is 14.3. The third-order valence-electron chi connectivity index (χ3n) is 6.75. The normalized spacial score (nSPS) is 14.7. The van der Waals surface area contributed by atoms with Gasteiger partial charge in [-0.1, -0.05) is 35.9 Å². The molecule has 0 fully saturated rings. The number of nitrogens with zero attached hydrogens (tertiary/aromatic N) is 4. The van der Waals surface area contributed by atoms with Crippen molar-refractivity contribution in [2.75, 3.05) is 5.32 Å². The molecule has 0 bridgehead atoms. The predicted molar refractivity (Wildman–Crippen MR) is 152 cm³/mol. The lowest BCUT2D eigenvalue weighted by atomic mass is 10.0. The standard InChI is InChI=1S/C28H18ClF4N7O3S/c29-17-7-6-14(30)9-16(17)21-23-24(38-26(42)22-15-3-1-2-4-18(15)44-39-22)37-25(40(23)12-20(41)36-21)27(43)35-11-13-5-8-19(34-10-13)28(31,32)33/h1-10,21H,11-12H2,(H,35,43)(H,36,41)(H,38,42). The highest BCUT2D eigenvalue weighted by Gasteiger charge is 2.36. The van der Waals surface area contributed by atoms with Gasteiger partial charge in [0.15, 0.2) is 5.82 Å². The van der Waals surface area contributed by atoms with E-state index in [2.05, 4.69) is 30.3 Å². The van der Waals surface area contributed by atoms with Crippen LogP contribution in [0.1, 0.15) is 49.7 Å². The van der Waals surface area contributed by atoms with Crippen molar-refractivity contribution in [1.82, 2.24) is 29.5 Å². The molecular formula is C28H18ClF4N7O3S. The van der Waals surface area contributed by atoms with Gasteiger partial charge in [-0.25, -0.2) is 9.37 Å². The van der Waals surface area contributed by atoms with E-state index in [1.807, 2.05) is 0 Å². The molecule has 0 spiro atoms. The second-order valence-corrected chi connectivity index (χ2v) is 10.8. The smallest absolute Gasteiger partial charge is 0.345 e. The number of hydrogen-bond donors (Lipinski definition) is 3. The van der Waals surface area contributed by atoms with Crippen LogP contribution in [0, 0.1) is 5.82 Å². The summed E-state index contributed by atoms with van der Waals surface area (Å²) in [4.78, 5) is 47.3. The number of fused-ring (bicyclic) bond motifs is 2. The molecule has 44 heavy (non-hydrogen) atoms. The van der Waals surface area contributed by atoms with Gasteiger partial charge in [0.1, 0.15) is 23.7 Å². The van der Waals surface area contributed by atoms with Crippen LogP contribution in [0.3, 0.4) is 0 Å². The molecule has 4 heterocycles. The molecular weight excluding hydrogens is 626 g/mol. The van der Waals surface area contributed by atoms with E-state index in [1.54, 1.807) is 24.3 Å². The molecule has 5 aromatic rings. The molecule has 224 valence electrons. The van der Waals surface area contributed by atoms with Crippen molar-refractivity contribution in [3.63, 3.8) is 0 Å². The van der Waals surface area contributed by atoms with Crippen molar-refractivity contribution in [3.05, 3.63) is 106 Å². The van der Waals surface area contributed by atoms with Crippen molar-refractivity contribution < 1.29 is 31.9 Å². The summed E-state index contributed by atoms with van der Waals surface area (Å²) in [5.74, 6) is -3.04. The van der Waals surface area contributed by atoms with E-state index in [0.29, 0.717) is 5.39 Å². The average Bonchev–Trinajstić information content (AvgIpc) is 3.58. The first-order chi connectivity index (χ1) is 21.0. The molecule has 0 saturated carbocycles. The molecule has 2 aromatic carbocycles. The van der Waals surface area contributed by atoms with Crippen LogP contribution in [0.25, 0.3) is 10.1 Å². The second kappa shape index (κ2) is 11.3. The summed E-state index contributed by atoms with van der Waals surface area (Å²) < 4.78 is 59.2.